The fourth-order valence-electron chi connectivity index (χ4n) is 21.6. The summed E-state index contributed by atoms with van der Waals surface area (Å²) in [6.07, 6.45) is 28.5. The van der Waals surface area contributed by atoms with Crippen LogP contribution < -0.4 is 33.1 Å². The van der Waals surface area contributed by atoms with Crippen LogP contribution in [-0.4, -0.2) is 60.0 Å². The van der Waals surface area contributed by atoms with Gasteiger partial charge in [0.2, 0.25) is 46.1 Å². The zero-order valence-electron chi connectivity index (χ0n) is 64.8. The van der Waals surface area contributed by atoms with E-state index in [-0.39, 0.29) is 12.3 Å². The molecule has 0 amide bonds. The van der Waals surface area contributed by atoms with Crippen molar-refractivity contribution < 1.29 is 18.4 Å². The van der Waals surface area contributed by atoms with E-state index in [4.69, 9.17) is 14.7 Å². The Bertz CT molecular complexity index is 6510. The molecule has 16 aromatic rings. The molecule has 0 saturated carbocycles. The summed E-state index contributed by atoms with van der Waals surface area (Å²) >= 11 is 0. The Morgan fingerprint density at radius 1 is 0.371 bits per heavy atom. The van der Waals surface area contributed by atoms with E-state index in [2.05, 4.69) is 372 Å². The fourth-order valence-corrected chi connectivity index (χ4v) is 21.6. The summed E-state index contributed by atoms with van der Waals surface area (Å²) in [6, 6.07) is 89.4. The first-order valence-electron chi connectivity index (χ1n) is 41.4. The van der Waals surface area contributed by atoms with Crippen molar-refractivity contribution in [1.82, 2.24) is 47.7 Å². The number of hydrogen-bond acceptors (Lipinski definition) is 9. The highest BCUT2D eigenvalue weighted by Crippen LogP contribution is 2.52. The first-order valence-corrected chi connectivity index (χ1v) is 41.4. The number of fused-ring (bicyclic) bond motifs is 42. The second-order valence-corrected chi connectivity index (χ2v) is 32.5. The van der Waals surface area contributed by atoms with Crippen molar-refractivity contribution in [1.29, 1.82) is 0 Å². The first-order chi connectivity index (χ1) is 57.4. The van der Waals surface area contributed by atoms with Crippen LogP contribution in [0.25, 0.3) is 85.2 Å². The van der Waals surface area contributed by atoms with Crippen LogP contribution in [0, 0.1) is 13.8 Å². The topological polar surface area (TPSA) is 110 Å². The van der Waals surface area contributed by atoms with Crippen LogP contribution in [0.4, 0.5) is 17.1 Å². The minimum absolute atomic E-state index is 0.159. The third-order valence-corrected chi connectivity index (χ3v) is 26.6. The second kappa shape index (κ2) is 26.5. The molecule has 0 aliphatic carbocycles. The average molecular weight is 1510 g/mol. The van der Waals surface area contributed by atoms with Gasteiger partial charge in [-0.15, -0.1) is 0 Å². The number of imidazole rings is 5. The standard InChI is InChI=1S/C26H23N2O.C22H16N5.C19H18N2.C18H16N2.C14H12N5/c1-17-8-7-9-18(2)25(17)28-16-24-27-15-14-20(21-11-5-6-13-23(21)29-24)19-10-3-4-12-22(19)26(27)28;1-3-8-16-14(6-1)23-21-18-10-5-11-19-22-24-15-7-2-4-9-17(15)27(22)20(26(16)21)12-13-25(18)19;1-2-6-15-14(5-1)13-20-11-12-21-18-8-4-3-7-17(18)16(15)9-10-19(20)21;1-3-7-16-14(5-1)13-9-10-18-19(16)11-12-20(18)17-8-4-2-6-15(13)17;1-2-10-13-15-5-8-18(13)12-4-7-17(10)11(3-1)14-16-6-9-19(12)14/h3-13,16,20H,14-15H2,1-2H3;1-11,20H,12-13H2;1-8,11-12,16,19H,9-10,13H2;1-8,11-13,18H,9-10H2;1-3,5-6,8-9,12H,4,7H2/q2*+1;;;+1. The van der Waals surface area contributed by atoms with Crippen molar-refractivity contribution >= 4 is 39.1 Å². The lowest BCUT2D eigenvalue weighted by molar-refractivity contribution is -0.689. The van der Waals surface area contributed by atoms with Crippen molar-refractivity contribution in [2.24, 2.45) is 0 Å². The average Bonchev–Trinajstić information content (AvgIpc) is 1.48. The SMILES string of the molecule is C1=CN2c3ccccc3C3CCC2N1Cc1ccccc13.C1=CN2c3ccccc3C3CCC2N1c1ccccc13.Cc1cccc(C)c1-n1cc2[n+]3c1-c1ccccc1C(CC3)c1ccccc1O2.c1cc2[n+]3c(c1)-c1nc4ccccc4n1C(CC3)n1c-2nc2ccccc21.c1cc2[n+]3c(c1)-c1nccn1C(CC3)n1ccnc1-2. The lowest BCUT2D eigenvalue weighted by atomic mass is 9.83. The lowest BCUT2D eigenvalue weighted by Gasteiger charge is -2.34. The van der Waals surface area contributed by atoms with Gasteiger partial charge in [0.05, 0.1) is 34.2 Å². The van der Waals surface area contributed by atoms with E-state index >= 15 is 0 Å². The van der Waals surface area contributed by atoms with Gasteiger partial charge in [-0.3, -0.25) is 9.13 Å². The van der Waals surface area contributed by atoms with Crippen LogP contribution in [0.5, 0.6) is 11.6 Å². The predicted octanol–water partition coefficient (Wildman–Crippen LogP) is 19.0. The van der Waals surface area contributed by atoms with E-state index in [0.717, 1.165) is 91.4 Å². The van der Waals surface area contributed by atoms with Gasteiger partial charge >= 0.3 is 5.88 Å². The number of aromatic nitrogens is 12. The molecule has 19 heterocycles. The minimum Gasteiger partial charge on any atom is -0.420 e. The molecule has 116 heavy (non-hydrogen) atoms. The van der Waals surface area contributed by atoms with E-state index in [1.807, 2.05) is 12.4 Å². The van der Waals surface area contributed by atoms with Crippen molar-refractivity contribution in [3.8, 4) is 74.8 Å². The maximum Gasteiger partial charge on any atom is 0.331 e. The molecule has 9 aromatic carbocycles. The van der Waals surface area contributed by atoms with Gasteiger partial charge in [-0.1, -0.05) is 158 Å². The van der Waals surface area contributed by atoms with Crippen LogP contribution in [0.1, 0.15) is 125 Å². The summed E-state index contributed by atoms with van der Waals surface area (Å²) in [7, 11) is 0. The maximum absolute atomic E-state index is 6.53. The van der Waals surface area contributed by atoms with Crippen LogP contribution in [-0.2, 0) is 26.2 Å². The highest BCUT2D eigenvalue weighted by Gasteiger charge is 2.45. The van der Waals surface area contributed by atoms with Crippen LogP contribution in [0.2, 0.25) is 0 Å². The Labute approximate surface area is 672 Å². The first kappa shape index (κ1) is 66.9. The molecule has 0 spiro atoms. The molecule has 564 valence electrons. The number of aryl methyl sites for hydroxylation is 2. The Kier molecular flexibility index (Phi) is 15.3. The Morgan fingerprint density at radius 2 is 0.836 bits per heavy atom. The molecule has 3 atom stereocenters. The van der Waals surface area contributed by atoms with Crippen molar-refractivity contribution in [3.63, 3.8) is 0 Å². The predicted molar refractivity (Wildman–Crippen MR) is 452 cm³/mol. The lowest BCUT2D eigenvalue weighted by Crippen LogP contribution is -2.38. The molecule has 0 fully saturated rings. The van der Waals surface area contributed by atoms with Gasteiger partial charge in [0.15, 0.2) is 19.3 Å². The van der Waals surface area contributed by atoms with Gasteiger partial charge in [-0.05, 0) is 157 Å². The highest BCUT2D eigenvalue weighted by atomic mass is 16.5. The summed E-state index contributed by atoms with van der Waals surface area (Å²) in [5.74, 6) is 8.67. The molecule has 7 aromatic heterocycles. The van der Waals surface area contributed by atoms with Crippen LogP contribution in [0.3, 0.4) is 0 Å². The van der Waals surface area contributed by atoms with Gasteiger partial charge in [0.1, 0.15) is 36.1 Å². The van der Waals surface area contributed by atoms with Crippen LogP contribution in [0.15, 0.2) is 305 Å². The van der Waals surface area contributed by atoms with Gasteiger partial charge in [0, 0.05) is 134 Å². The minimum atomic E-state index is 0.159. The second-order valence-electron chi connectivity index (χ2n) is 32.5. The van der Waals surface area contributed by atoms with E-state index < -0.39 is 0 Å². The van der Waals surface area contributed by atoms with Crippen molar-refractivity contribution in [3.05, 3.63) is 355 Å². The molecule has 28 rings (SSSR count). The zero-order chi connectivity index (χ0) is 76.4. The molecule has 17 heteroatoms. The summed E-state index contributed by atoms with van der Waals surface area (Å²) < 4.78 is 25.3. The molecular formula is C99H85N16O+3. The molecule has 10 bridgehead atoms. The number of ether oxygens (including phenoxy) is 1. The fraction of sp³-hybridized carbons (Fsp3) is 0.202. The van der Waals surface area contributed by atoms with Gasteiger partial charge in [0.25, 0.3) is 5.82 Å². The molecule has 12 aliphatic heterocycles. The largest absolute Gasteiger partial charge is 0.420 e. The summed E-state index contributed by atoms with van der Waals surface area (Å²) in [5, 5.41) is 0. The number of hydrogen-bond donors (Lipinski definition) is 0. The van der Waals surface area contributed by atoms with Crippen molar-refractivity contribution in [2.75, 3.05) is 14.7 Å². The maximum atomic E-state index is 6.53. The Morgan fingerprint density at radius 3 is 1.46 bits per heavy atom. The summed E-state index contributed by atoms with van der Waals surface area (Å²) in [6.45, 7) is 8.31. The number of para-hydroxylation sites is 9. The molecule has 17 nitrogen and oxygen atoms in total. The van der Waals surface area contributed by atoms with E-state index in [0.29, 0.717) is 30.1 Å². The number of benzene rings is 9. The Hall–Kier alpha value is -13.7. The number of anilines is 3. The van der Waals surface area contributed by atoms with Gasteiger partial charge < -0.3 is 33.5 Å². The third kappa shape index (κ3) is 10.2. The molecule has 0 radical (unpaired) electrons. The normalized spacial score (nSPS) is 19.0. The highest BCUT2D eigenvalue weighted by molar-refractivity contribution is 5.84. The zero-order valence-corrected chi connectivity index (χ0v) is 64.8. The number of nitrogens with zero attached hydrogens (tertiary/aromatic N) is 16. The summed E-state index contributed by atoms with van der Waals surface area (Å²) in [4.78, 5) is 29.0. The number of rotatable bonds is 1. The molecule has 0 saturated heterocycles. The number of pyridine rings is 2. The molecular weight excluding hydrogens is 1430 g/mol. The van der Waals surface area contributed by atoms with E-state index in [9.17, 15) is 0 Å². The van der Waals surface area contributed by atoms with Crippen molar-refractivity contribution in [2.45, 2.75) is 127 Å². The Balaban J connectivity index is 0.0000000841. The molecule has 12 aliphatic rings. The molecule has 0 N–H and O–H groups in total. The van der Waals surface area contributed by atoms with Gasteiger partial charge in [-0.2, -0.15) is 18.3 Å². The smallest absolute Gasteiger partial charge is 0.331 e. The quantitative estimate of drug-likeness (QED) is 0.148. The van der Waals surface area contributed by atoms with E-state index in [1.54, 1.807) is 0 Å². The third-order valence-electron chi connectivity index (χ3n) is 26.6. The van der Waals surface area contributed by atoms with Crippen LogP contribution >= 0.6 is 0 Å². The van der Waals surface area contributed by atoms with Gasteiger partial charge in [-0.25, -0.2) is 19.9 Å². The van der Waals surface area contributed by atoms with E-state index in [1.165, 1.54) is 144 Å². The monoisotopic (exact) mass is 1510 g/mol. The summed E-state index contributed by atoms with van der Waals surface area (Å²) in [5.41, 5.74) is 28.5. The molecule has 3 unspecified atom stereocenters.